The average molecular weight is 275 g/mol. The van der Waals surface area contributed by atoms with Crippen molar-refractivity contribution in [1.29, 1.82) is 0 Å². The van der Waals surface area contributed by atoms with Gasteiger partial charge in [0.05, 0.1) is 10.8 Å². The molecule has 0 aromatic heterocycles. The number of fused-ring (bicyclic) bond motifs is 1. The summed E-state index contributed by atoms with van der Waals surface area (Å²) in [5.41, 5.74) is 8.48. The van der Waals surface area contributed by atoms with Crippen molar-refractivity contribution in [3.63, 3.8) is 0 Å². The molecule has 98 valence electrons. The van der Waals surface area contributed by atoms with E-state index in [0.29, 0.717) is 22.3 Å². The zero-order valence-electron chi connectivity index (χ0n) is 10.3. The first kappa shape index (κ1) is 12.4. The van der Waals surface area contributed by atoms with Gasteiger partial charge in [0, 0.05) is 22.3 Å². The van der Waals surface area contributed by atoms with Crippen LogP contribution in [0.15, 0.2) is 47.4 Å². The van der Waals surface area contributed by atoms with Gasteiger partial charge in [0.15, 0.2) is 0 Å². The molecule has 0 amide bonds. The molecule has 0 spiro atoms. The molecule has 1 aliphatic rings. The predicted molar refractivity (Wildman–Crippen MR) is 75.0 cm³/mol. The van der Waals surface area contributed by atoms with E-state index in [-0.39, 0.29) is 0 Å². The molecule has 2 atom stereocenters. The molecule has 4 heteroatoms. The molecule has 2 unspecified atom stereocenters. The van der Waals surface area contributed by atoms with Gasteiger partial charge in [0.25, 0.3) is 0 Å². The van der Waals surface area contributed by atoms with Gasteiger partial charge >= 0.3 is 0 Å². The Morgan fingerprint density at radius 2 is 2.05 bits per heavy atom. The van der Waals surface area contributed by atoms with E-state index in [9.17, 15) is 8.60 Å². The van der Waals surface area contributed by atoms with Crippen LogP contribution in [-0.4, -0.2) is 9.96 Å². The van der Waals surface area contributed by atoms with Gasteiger partial charge in [-0.2, -0.15) is 0 Å². The molecule has 0 fully saturated rings. The number of rotatable bonds is 3. The van der Waals surface area contributed by atoms with Crippen LogP contribution in [0.5, 0.6) is 0 Å². The van der Waals surface area contributed by atoms with Crippen LogP contribution in [0.2, 0.25) is 0 Å². The fourth-order valence-electron chi connectivity index (χ4n) is 2.51. The Morgan fingerprint density at radius 3 is 2.79 bits per heavy atom. The summed E-state index contributed by atoms with van der Waals surface area (Å²) in [6, 6.07) is 12.3. The number of hydrogen-bond donors (Lipinski definition) is 1. The normalized spacial score (nSPS) is 18.5. The van der Waals surface area contributed by atoms with Crippen molar-refractivity contribution in [1.82, 2.24) is 0 Å². The third-order valence-corrected chi connectivity index (χ3v) is 4.94. The quantitative estimate of drug-likeness (QED) is 0.875. The summed E-state index contributed by atoms with van der Waals surface area (Å²) in [6.45, 7) is 0. The van der Waals surface area contributed by atoms with Gasteiger partial charge < -0.3 is 5.73 Å². The third kappa shape index (κ3) is 2.40. The highest BCUT2D eigenvalue weighted by atomic mass is 32.2. The van der Waals surface area contributed by atoms with Crippen molar-refractivity contribution in [3.8, 4) is 0 Å². The Bertz CT molecular complexity index is 636. The zero-order chi connectivity index (χ0) is 13.4. The lowest BCUT2D eigenvalue weighted by molar-refractivity contribution is 0.621. The Labute approximate surface area is 113 Å². The summed E-state index contributed by atoms with van der Waals surface area (Å²) in [7, 11) is -1.21. The lowest BCUT2D eigenvalue weighted by atomic mass is 9.79. The lowest BCUT2D eigenvalue weighted by Crippen LogP contribution is -2.22. The van der Waals surface area contributed by atoms with E-state index in [1.54, 1.807) is 6.07 Å². The van der Waals surface area contributed by atoms with Gasteiger partial charge in [-0.3, -0.25) is 4.21 Å². The monoisotopic (exact) mass is 275 g/mol. The predicted octanol–water partition coefficient (Wildman–Crippen LogP) is 2.86. The van der Waals surface area contributed by atoms with Gasteiger partial charge in [-0.05, 0) is 35.7 Å². The van der Waals surface area contributed by atoms with E-state index < -0.39 is 16.6 Å². The van der Waals surface area contributed by atoms with Crippen molar-refractivity contribution in [2.75, 3.05) is 11.5 Å². The summed E-state index contributed by atoms with van der Waals surface area (Å²) in [4.78, 5) is 0.474. The van der Waals surface area contributed by atoms with Gasteiger partial charge in [0.1, 0.15) is 5.82 Å². The van der Waals surface area contributed by atoms with Gasteiger partial charge in [-0.15, -0.1) is 0 Å². The summed E-state index contributed by atoms with van der Waals surface area (Å²) in [6.07, 6.45) is 0.951. The second-order valence-electron chi connectivity index (χ2n) is 4.83. The number of hydrogen-bond acceptors (Lipinski definition) is 2. The lowest BCUT2D eigenvalue weighted by Gasteiger charge is -2.29. The molecule has 0 saturated carbocycles. The summed E-state index contributed by atoms with van der Waals surface area (Å²) in [5.74, 6) is 0.402. The van der Waals surface area contributed by atoms with Crippen LogP contribution in [-0.2, 0) is 17.2 Å². The van der Waals surface area contributed by atoms with Crippen molar-refractivity contribution in [3.05, 3.63) is 59.4 Å². The van der Waals surface area contributed by atoms with Crippen LogP contribution in [0.3, 0.4) is 0 Å². The fourth-order valence-corrected chi connectivity index (χ4v) is 3.87. The zero-order valence-corrected chi connectivity index (χ0v) is 11.1. The highest BCUT2D eigenvalue weighted by molar-refractivity contribution is 7.85. The minimum Gasteiger partial charge on any atom is -0.399 e. The number of halogens is 1. The van der Waals surface area contributed by atoms with Gasteiger partial charge in [-0.25, -0.2) is 4.39 Å². The standard InChI is InChI=1S/C15H14FNOS/c16-12-6-13(17)8-14(7-12)19(18)9-11-5-10-3-1-2-4-15(10)11/h1-4,6-8,11H,5,9,17H2. The smallest absolute Gasteiger partial charge is 0.126 e. The highest BCUT2D eigenvalue weighted by Gasteiger charge is 2.27. The van der Waals surface area contributed by atoms with Gasteiger partial charge in [-0.1, -0.05) is 24.3 Å². The molecule has 2 aromatic carbocycles. The van der Waals surface area contributed by atoms with Gasteiger partial charge in [0.2, 0.25) is 0 Å². The molecule has 0 aliphatic heterocycles. The minimum absolute atomic E-state index is 0.307. The molecule has 2 aromatic rings. The molecule has 0 radical (unpaired) electrons. The summed E-state index contributed by atoms with van der Waals surface area (Å²) in [5, 5.41) is 0. The van der Waals surface area contributed by atoms with Crippen molar-refractivity contribution >= 4 is 16.5 Å². The first-order valence-electron chi connectivity index (χ1n) is 6.16. The second kappa shape index (κ2) is 4.78. The van der Waals surface area contributed by atoms with E-state index in [1.165, 1.54) is 23.3 Å². The Morgan fingerprint density at radius 1 is 1.26 bits per heavy atom. The Balaban J connectivity index is 1.77. The maximum atomic E-state index is 13.2. The molecule has 1 aliphatic carbocycles. The van der Waals surface area contributed by atoms with E-state index in [4.69, 9.17) is 5.73 Å². The molecule has 3 rings (SSSR count). The van der Waals surface area contributed by atoms with E-state index in [2.05, 4.69) is 12.1 Å². The van der Waals surface area contributed by atoms with Crippen molar-refractivity contribution in [2.45, 2.75) is 17.2 Å². The van der Waals surface area contributed by atoms with Crippen LogP contribution in [0, 0.1) is 5.82 Å². The van der Waals surface area contributed by atoms with E-state index in [1.807, 2.05) is 12.1 Å². The maximum Gasteiger partial charge on any atom is 0.126 e. The number of anilines is 1. The molecule has 2 N–H and O–H groups in total. The number of benzene rings is 2. The third-order valence-electron chi connectivity index (χ3n) is 3.47. The Hall–Kier alpha value is -1.68. The second-order valence-corrected chi connectivity index (χ2v) is 6.33. The van der Waals surface area contributed by atoms with Crippen LogP contribution in [0.25, 0.3) is 0 Å². The molecular weight excluding hydrogens is 261 g/mol. The van der Waals surface area contributed by atoms with Crippen LogP contribution >= 0.6 is 0 Å². The van der Waals surface area contributed by atoms with Crippen molar-refractivity contribution < 1.29 is 8.60 Å². The maximum absolute atomic E-state index is 13.2. The minimum atomic E-state index is -1.21. The van der Waals surface area contributed by atoms with E-state index in [0.717, 1.165) is 6.42 Å². The molecular formula is C15H14FNOS. The van der Waals surface area contributed by atoms with Crippen LogP contribution < -0.4 is 5.73 Å². The molecule has 2 nitrogen and oxygen atoms in total. The largest absolute Gasteiger partial charge is 0.399 e. The average Bonchev–Trinajstić information content (AvgIpc) is 2.34. The van der Waals surface area contributed by atoms with Crippen LogP contribution in [0.1, 0.15) is 17.0 Å². The number of nitrogens with two attached hydrogens (primary N) is 1. The molecule has 19 heavy (non-hydrogen) atoms. The van der Waals surface area contributed by atoms with Crippen LogP contribution in [0.4, 0.5) is 10.1 Å². The fraction of sp³-hybridized carbons (Fsp3) is 0.200. The topological polar surface area (TPSA) is 43.1 Å². The van der Waals surface area contributed by atoms with E-state index >= 15 is 0 Å². The first-order chi connectivity index (χ1) is 9.13. The molecule has 0 bridgehead atoms. The molecule has 0 heterocycles. The summed E-state index contributed by atoms with van der Waals surface area (Å²) >= 11 is 0. The molecule has 0 saturated heterocycles. The SMILES string of the molecule is Nc1cc(F)cc(S(=O)CC2Cc3ccccc32)c1. The van der Waals surface area contributed by atoms with Crippen molar-refractivity contribution in [2.24, 2.45) is 0 Å². The highest BCUT2D eigenvalue weighted by Crippen LogP contribution is 2.36. The summed E-state index contributed by atoms with van der Waals surface area (Å²) < 4.78 is 25.5. The number of nitrogen functional groups attached to an aromatic ring is 1. The first-order valence-corrected chi connectivity index (χ1v) is 7.47. The Kier molecular flexibility index (Phi) is 3.11.